The molecule has 3 amide bonds. The number of nitrogens with one attached hydrogen (secondary N) is 2. The lowest BCUT2D eigenvalue weighted by molar-refractivity contribution is -0.131. The molecule has 9 heteroatoms. The van der Waals surface area contributed by atoms with Crippen molar-refractivity contribution in [3.63, 3.8) is 0 Å². The van der Waals surface area contributed by atoms with E-state index in [0.29, 0.717) is 21.4 Å². The normalized spacial score (nSPS) is 10.2. The van der Waals surface area contributed by atoms with Crippen LogP contribution >= 0.6 is 23.2 Å². The number of rotatable bonds is 7. The van der Waals surface area contributed by atoms with Crippen LogP contribution in [0.2, 0.25) is 10.0 Å². The number of anilines is 2. The molecule has 0 aliphatic carbocycles. The van der Waals surface area contributed by atoms with Gasteiger partial charge in [-0.2, -0.15) is 0 Å². The van der Waals surface area contributed by atoms with Crippen LogP contribution in [0, 0.1) is 0 Å². The monoisotopic (exact) mass is 408 g/mol. The molecule has 2 aromatic rings. The maximum Gasteiger partial charge on any atom is 0.250 e. The zero-order valence-electron chi connectivity index (χ0n) is 14.5. The van der Waals surface area contributed by atoms with Gasteiger partial charge in [0.05, 0.1) is 29.4 Å². The molecule has 142 valence electrons. The second kappa shape index (κ2) is 9.25. The van der Waals surface area contributed by atoms with Crippen molar-refractivity contribution in [3.05, 3.63) is 58.1 Å². The van der Waals surface area contributed by atoms with Crippen LogP contribution in [0.5, 0.6) is 0 Å². The van der Waals surface area contributed by atoms with Gasteiger partial charge in [0.2, 0.25) is 11.8 Å². The van der Waals surface area contributed by atoms with E-state index in [9.17, 15) is 14.4 Å². The van der Waals surface area contributed by atoms with Crippen LogP contribution in [0.15, 0.2) is 42.5 Å². The van der Waals surface area contributed by atoms with Gasteiger partial charge in [-0.05, 0) is 30.3 Å². The number of carbonyl (C=O) groups is 3. The van der Waals surface area contributed by atoms with Gasteiger partial charge in [-0.15, -0.1) is 0 Å². The summed E-state index contributed by atoms with van der Waals surface area (Å²) in [6, 6.07) is 11.3. The molecule has 27 heavy (non-hydrogen) atoms. The zero-order valence-corrected chi connectivity index (χ0v) is 16.0. The van der Waals surface area contributed by atoms with Gasteiger partial charge in [-0.25, -0.2) is 0 Å². The smallest absolute Gasteiger partial charge is 0.250 e. The maximum absolute atomic E-state index is 12.2. The van der Waals surface area contributed by atoms with E-state index >= 15 is 0 Å². The Morgan fingerprint density at radius 3 is 2.44 bits per heavy atom. The second-order valence-corrected chi connectivity index (χ2v) is 6.53. The van der Waals surface area contributed by atoms with Gasteiger partial charge < -0.3 is 21.3 Å². The molecular formula is C18H18Cl2N4O3. The van der Waals surface area contributed by atoms with E-state index < -0.39 is 5.91 Å². The van der Waals surface area contributed by atoms with Crippen LogP contribution in [0.25, 0.3) is 0 Å². The quantitative estimate of drug-likeness (QED) is 0.654. The van der Waals surface area contributed by atoms with Gasteiger partial charge in [0.25, 0.3) is 5.91 Å². The minimum absolute atomic E-state index is 0.127. The van der Waals surface area contributed by atoms with E-state index in [2.05, 4.69) is 10.6 Å². The first-order chi connectivity index (χ1) is 12.8. The number of halogens is 2. The highest BCUT2D eigenvalue weighted by Crippen LogP contribution is 2.21. The van der Waals surface area contributed by atoms with E-state index in [-0.39, 0.29) is 30.5 Å². The molecule has 0 aliphatic rings. The summed E-state index contributed by atoms with van der Waals surface area (Å²) in [5.41, 5.74) is 6.33. The van der Waals surface area contributed by atoms with E-state index in [1.165, 1.54) is 18.0 Å². The zero-order chi connectivity index (χ0) is 20.0. The first-order valence-corrected chi connectivity index (χ1v) is 8.65. The molecule has 4 N–H and O–H groups in total. The third kappa shape index (κ3) is 5.87. The van der Waals surface area contributed by atoms with E-state index in [4.69, 9.17) is 28.9 Å². The summed E-state index contributed by atoms with van der Waals surface area (Å²) in [5.74, 6) is -1.40. The van der Waals surface area contributed by atoms with Gasteiger partial charge in [0.15, 0.2) is 0 Å². The van der Waals surface area contributed by atoms with Crippen LogP contribution < -0.4 is 16.4 Å². The predicted octanol–water partition coefficient (Wildman–Crippen LogP) is 2.60. The fraction of sp³-hybridized carbons (Fsp3) is 0.167. The van der Waals surface area contributed by atoms with Crippen molar-refractivity contribution < 1.29 is 14.4 Å². The molecule has 0 saturated heterocycles. The molecule has 7 nitrogen and oxygen atoms in total. The average molecular weight is 409 g/mol. The summed E-state index contributed by atoms with van der Waals surface area (Å²) in [5, 5.41) is 6.23. The third-order valence-corrected chi connectivity index (χ3v) is 4.20. The number of para-hydroxylation sites is 1. The lowest BCUT2D eigenvalue weighted by Gasteiger charge is -2.18. The molecule has 0 aromatic heterocycles. The molecule has 0 bridgehead atoms. The molecule has 0 fully saturated rings. The Bertz CT molecular complexity index is 873. The minimum atomic E-state index is -0.667. The number of carbonyl (C=O) groups excluding carboxylic acids is 3. The average Bonchev–Trinajstić information content (AvgIpc) is 2.62. The fourth-order valence-electron chi connectivity index (χ4n) is 2.24. The fourth-order valence-corrected chi connectivity index (χ4v) is 2.59. The van der Waals surface area contributed by atoms with Gasteiger partial charge in [-0.1, -0.05) is 35.3 Å². The third-order valence-electron chi connectivity index (χ3n) is 3.63. The standard InChI is InChI=1S/C18H18Cl2N4O3/c1-24(10-16(25)23-15-5-3-2-4-13(15)20)17(26)9-22-14-7-6-11(19)8-12(14)18(21)27/h2-8,22H,9-10H2,1H3,(H2,21,27)(H,23,25). The number of hydrogen-bond donors (Lipinski definition) is 3. The topological polar surface area (TPSA) is 105 Å². The molecule has 0 atom stereocenters. The van der Waals surface area contributed by atoms with Gasteiger partial charge in [0, 0.05) is 17.8 Å². The number of hydrogen-bond acceptors (Lipinski definition) is 4. The van der Waals surface area contributed by atoms with Gasteiger partial charge in [-0.3, -0.25) is 14.4 Å². The summed E-state index contributed by atoms with van der Waals surface area (Å²) >= 11 is 11.8. The first kappa shape index (κ1) is 20.5. The number of nitrogens with two attached hydrogens (primary N) is 1. The van der Waals surface area contributed by atoms with Crippen molar-refractivity contribution >= 4 is 52.3 Å². The summed E-state index contributed by atoms with van der Waals surface area (Å²) in [7, 11) is 1.49. The van der Waals surface area contributed by atoms with Crippen molar-refractivity contribution in [2.45, 2.75) is 0 Å². The number of likely N-dealkylation sites (N-methyl/N-ethyl adjacent to an activating group) is 1. The van der Waals surface area contributed by atoms with E-state index in [1.807, 2.05) is 0 Å². The Labute approximate surface area is 166 Å². The molecule has 2 rings (SSSR count). The molecular weight excluding hydrogens is 391 g/mol. The molecule has 0 saturated carbocycles. The van der Waals surface area contributed by atoms with Crippen molar-refractivity contribution in [2.24, 2.45) is 5.73 Å². The minimum Gasteiger partial charge on any atom is -0.376 e. The van der Waals surface area contributed by atoms with Crippen molar-refractivity contribution in [1.82, 2.24) is 4.90 Å². The highest BCUT2D eigenvalue weighted by molar-refractivity contribution is 6.33. The van der Waals surface area contributed by atoms with Crippen molar-refractivity contribution in [2.75, 3.05) is 30.8 Å². The summed E-state index contributed by atoms with van der Waals surface area (Å²) in [4.78, 5) is 37.0. The Balaban J connectivity index is 1.91. The first-order valence-electron chi connectivity index (χ1n) is 7.89. The number of nitrogens with zero attached hydrogens (tertiary/aromatic N) is 1. The summed E-state index contributed by atoms with van der Waals surface area (Å²) in [6.45, 7) is -0.285. The Hall–Kier alpha value is -2.77. The Morgan fingerprint density at radius 1 is 1.07 bits per heavy atom. The van der Waals surface area contributed by atoms with Crippen LogP contribution in [0.4, 0.5) is 11.4 Å². The number of benzene rings is 2. The molecule has 0 unspecified atom stereocenters. The lowest BCUT2D eigenvalue weighted by atomic mass is 10.1. The summed E-state index contributed by atoms with van der Waals surface area (Å²) in [6.07, 6.45) is 0. The van der Waals surface area contributed by atoms with Crippen LogP contribution in [0.3, 0.4) is 0 Å². The second-order valence-electron chi connectivity index (χ2n) is 5.69. The number of primary amides is 1. The highest BCUT2D eigenvalue weighted by atomic mass is 35.5. The number of amides is 3. The lowest BCUT2D eigenvalue weighted by Crippen LogP contribution is -2.38. The van der Waals surface area contributed by atoms with Crippen molar-refractivity contribution in [1.29, 1.82) is 0 Å². The van der Waals surface area contributed by atoms with E-state index in [0.717, 1.165) is 0 Å². The predicted molar refractivity (Wildman–Crippen MR) is 106 cm³/mol. The Morgan fingerprint density at radius 2 is 1.78 bits per heavy atom. The molecule has 0 heterocycles. The van der Waals surface area contributed by atoms with Crippen LogP contribution in [0.1, 0.15) is 10.4 Å². The van der Waals surface area contributed by atoms with Crippen LogP contribution in [-0.2, 0) is 9.59 Å². The van der Waals surface area contributed by atoms with Crippen molar-refractivity contribution in [3.8, 4) is 0 Å². The molecule has 2 aromatic carbocycles. The Kier molecular flexibility index (Phi) is 7.04. The largest absolute Gasteiger partial charge is 0.376 e. The SMILES string of the molecule is CN(CC(=O)Nc1ccccc1Cl)C(=O)CNc1ccc(Cl)cc1C(N)=O. The van der Waals surface area contributed by atoms with Crippen LogP contribution in [-0.4, -0.2) is 42.8 Å². The van der Waals surface area contributed by atoms with E-state index in [1.54, 1.807) is 36.4 Å². The van der Waals surface area contributed by atoms with Gasteiger partial charge >= 0.3 is 0 Å². The summed E-state index contributed by atoms with van der Waals surface area (Å²) < 4.78 is 0. The maximum atomic E-state index is 12.2. The highest BCUT2D eigenvalue weighted by Gasteiger charge is 2.15. The molecule has 0 radical (unpaired) electrons. The van der Waals surface area contributed by atoms with Gasteiger partial charge in [0.1, 0.15) is 0 Å². The molecule has 0 aliphatic heterocycles. The molecule has 0 spiro atoms.